The van der Waals surface area contributed by atoms with Crippen LogP contribution in [0, 0.1) is 0 Å². The molecule has 0 atom stereocenters. The number of rotatable bonds is 1. The lowest BCUT2D eigenvalue weighted by Gasteiger charge is -2.05. The molecule has 0 aliphatic carbocycles. The highest BCUT2D eigenvalue weighted by molar-refractivity contribution is 9.10. The summed E-state index contributed by atoms with van der Waals surface area (Å²) >= 11 is 2.98. The van der Waals surface area contributed by atoms with E-state index in [0.717, 1.165) is 24.5 Å². The molecule has 0 spiro atoms. The van der Waals surface area contributed by atoms with Crippen molar-refractivity contribution in [3.05, 3.63) is 52.5 Å². The van der Waals surface area contributed by atoms with Gasteiger partial charge in [0.15, 0.2) is 0 Å². The molecule has 0 saturated heterocycles. The van der Waals surface area contributed by atoms with E-state index in [0.29, 0.717) is 10.5 Å². The fourth-order valence-corrected chi connectivity index (χ4v) is 1.50. The van der Waals surface area contributed by atoms with Gasteiger partial charge in [-0.15, -0.1) is 0 Å². The minimum atomic E-state index is -4.50. The first-order valence-electron chi connectivity index (χ1n) is 5.99. The van der Waals surface area contributed by atoms with E-state index in [1.54, 1.807) is 0 Å². The number of nitrogens with zero attached hydrogens (tertiary/aromatic N) is 2. The van der Waals surface area contributed by atoms with Crippen molar-refractivity contribution < 1.29 is 36.4 Å². The first kappa shape index (κ1) is 20.4. The van der Waals surface area contributed by atoms with Gasteiger partial charge in [-0.05, 0) is 34.1 Å². The van der Waals surface area contributed by atoms with Gasteiger partial charge in [0, 0.05) is 22.3 Å². The third-order valence-electron chi connectivity index (χ3n) is 2.39. The Morgan fingerprint density at radius 3 is 1.54 bits per heavy atom. The van der Waals surface area contributed by atoms with Crippen LogP contribution in [0.2, 0.25) is 0 Å². The van der Waals surface area contributed by atoms with Crippen LogP contribution in [0.15, 0.2) is 41.1 Å². The summed E-state index contributed by atoms with van der Waals surface area (Å²) < 4.78 is 71.9. The van der Waals surface area contributed by atoms with Crippen LogP contribution in [0.1, 0.15) is 11.4 Å². The van der Waals surface area contributed by atoms with Gasteiger partial charge >= 0.3 is 19.5 Å². The molecule has 0 radical (unpaired) electrons. The molecule has 0 aliphatic rings. The molecule has 0 bridgehead atoms. The van der Waals surface area contributed by atoms with Gasteiger partial charge < -0.3 is 10.0 Å². The predicted octanol–water partition coefficient (Wildman–Crippen LogP) is 2.64. The minimum absolute atomic E-state index is 0.0759. The number of aromatic nitrogens is 2. The Bertz CT molecular complexity index is 647. The van der Waals surface area contributed by atoms with Crippen LogP contribution in [0.25, 0.3) is 0 Å². The zero-order chi connectivity index (χ0) is 18.5. The van der Waals surface area contributed by atoms with Gasteiger partial charge in [0.25, 0.3) is 0 Å². The summed E-state index contributed by atoms with van der Waals surface area (Å²) in [4.78, 5) is 6.20. The Hall–Kier alpha value is -1.66. The van der Waals surface area contributed by atoms with Crippen molar-refractivity contribution >= 4 is 28.5 Å². The topological polar surface area (TPSA) is 66.2 Å². The van der Waals surface area contributed by atoms with Crippen molar-refractivity contribution in [2.45, 2.75) is 12.4 Å². The molecule has 2 rings (SSSR count). The van der Waals surface area contributed by atoms with E-state index in [4.69, 9.17) is 10.0 Å². The van der Waals surface area contributed by atoms with Gasteiger partial charge in [-0.25, -0.2) is 0 Å². The van der Waals surface area contributed by atoms with Crippen molar-refractivity contribution in [1.82, 2.24) is 9.97 Å². The number of pyridine rings is 2. The summed E-state index contributed by atoms with van der Waals surface area (Å²) in [5.74, 6) is 0. The highest BCUT2D eigenvalue weighted by Gasteiger charge is 2.32. The molecule has 2 aromatic heterocycles. The zero-order valence-electron chi connectivity index (χ0n) is 11.5. The summed E-state index contributed by atoms with van der Waals surface area (Å²) in [6.45, 7) is 0. The average molecular weight is 417 g/mol. The van der Waals surface area contributed by atoms with E-state index in [1.165, 1.54) is 6.07 Å². The first-order chi connectivity index (χ1) is 10.9. The second kappa shape index (κ2) is 7.95. The minimum Gasteiger partial charge on any atom is -0.423 e. The molecule has 130 valence electrons. The van der Waals surface area contributed by atoms with Crippen molar-refractivity contribution in [2.24, 2.45) is 0 Å². The highest BCUT2D eigenvalue weighted by Crippen LogP contribution is 2.28. The molecule has 4 nitrogen and oxygen atoms in total. The lowest BCUT2D eigenvalue weighted by Crippen LogP contribution is -2.30. The zero-order valence-corrected chi connectivity index (χ0v) is 13.1. The summed E-state index contributed by atoms with van der Waals surface area (Å²) in [5, 5.41) is 17.1. The molecule has 0 fully saturated rings. The number of hydrogen-bond donors (Lipinski definition) is 2. The van der Waals surface area contributed by atoms with Crippen molar-refractivity contribution in [3.8, 4) is 0 Å². The molecule has 12 heteroatoms. The highest BCUT2D eigenvalue weighted by atomic mass is 79.9. The standard InChI is InChI=1S/C6H5BF3NO2.C6H3BrF3N/c8-6(9,10)5-2-1-4(3-11-5)7(12)13;7-4-1-2-5(11-3-4)6(8,9)10/h1-3,12-13H;1-3H. The number of alkyl halides is 6. The SMILES string of the molecule is FC(F)(F)c1ccc(Br)cn1.OB(O)c1ccc(C(F)(F)F)nc1. The monoisotopic (exact) mass is 416 g/mol. The van der Waals surface area contributed by atoms with E-state index in [2.05, 4.69) is 25.9 Å². The smallest absolute Gasteiger partial charge is 0.423 e. The van der Waals surface area contributed by atoms with Gasteiger partial charge in [0.2, 0.25) is 0 Å². The fourth-order valence-electron chi connectivity index (χ4n) is 1.27. The van der Waals surface area contributed by atoms with E-state index >= 15 is 0 Å². The molecular formula is C12H8BBrF6N2O2. The Morgan fingerprint density at radius 1 is 0.792 bits per heavy atom. The summed E-state index contributed by atoms with van der Waals surface area (Å²) in [6.07, 6.45) is -6.96. The van der Waals surface area contributed by atoms with E-state index in [-0.39, 0.29) is 5.46 Å². The molecule has 2 aromatic rings. The van der Waals surface area contributed by atoms with Crippen LogP contribution >= 0.6 is 15.9 Å². The van der Waals surface area contributed by atoms with Gasteiger partial charge in [0.1, 0.15) is 11.4 Å². The molecule has 0 aliphatic heterocycles. The normalized spacial score (nSPS) is 11.5. The fraction of sp³-hybridized carbons (Fsp3) is 0.167. The molecule has 0 amide bonds. The summed E-state index contributed by atoms with van der Waals surface area (Å²) in [6, 6.07) is 3.87. The van der Waals surface area contributed by atoms with Gasteiger partial charge in [-0.2, -0.15) is 26.3 Å². The van der Waals surface area contributed by atoms with Gasteiger partial charge in [0.05, 0.1) is 0 Å². The van der Waals surface area contributed by atoms with Crippen molar-refractivity contribution in [1.29, 1.82) is 0 Å². The average Bonchev–Trinajstić information content (AvgIpc) is 2.46. The van der Waals surface area contributed by atoms with Crippen LogP contribution in [-0.4, -0.2) is 27.1 Å². The lowest BCUT2D eigenvalue weighted by molar-refractivity contribution is -0.141. The predicted molar refractivity (Wildman–Crippen MR) is 76.0 cm³/mol. The third kappa shape index (κ3) is 6.45. The molecule has 0 saturated carbocycles. The molecule has 0 unspecified atom stereocenters. The van der Waals surface area contributed by atoms with Gasteiger partial charge in [-0.3, -0.25) is 9.97 Å². The van der Waals surface area contributed by atoms with Crippen LogP contribution < -0.4 is 5.46 Å². The van der Waals surface area contributed by atoms with Crippen LogP contribution in [0.4, 0.5) is 26.3 Å². The van der Waals surface area contributed by atoms with Crippen molar-refractivity contribution in [2.75, 3.05) is 0 Å². The summed E-state index contributed by atoms with van der Waals surface area (Å²) in [7, 11) is -1.80. The second-order valence-corrected chi connectivity index (χ2v) is 5.12. The summed E-state index contributed by atoms with van der Waals surface area (Å²) in [5.41, 5.74) is -2.01. The molecule has 0 aromatic carbocycles. The Balaban J connectivity index is 0.000000243. The molecule has 2 N–H and O–H groups in total. The third-order valence-corrected chi connectivity index (χ3v) is 2.86. The molecule has 2 heterocycles. The van der Waals surface area contributed by atoms with Crippen LogP contribution in [0.5, 0.6) is 0 Å². The van der Waals surface area contributed by atoms with Gasteiger partial charge in [-0.1, -0.05) is 6.07 Å². The maximum atomic E-state index is 11.9. The van der Waals surface area contributed by atoms with Crippen LogP contribution in [0.3, 0.4) is 0 Å². The largest absolute Gasteiger partial charge is 0.490 e. The number of halogens is 7. The Labute approximate surface area is 140 Å². The van der Waals surface area contributed by atoms with E-state index in [9.17, 15) is 26.3 Å². The maximum Gasteiger partial charge on any atom is 0.490 e. The maximum absolute atomic E-state index is 11.9. The van der Waals surface area contributed by atoms with E-state index < -0.39 is 30.9 Å². The quantitative estimate of drug-likeness (QED) is 0.554. The Kier molecular flexibility index (Phi) is 6.75. The molecular weight excluding hydrogens is 409 g/mol. The Morgan fingerprint density at radius 2 is 1.25 bits per heavy atom. The lowest BCUT2D eigenvalue weighted by atomic mass is 9.82. The molecule has 24 heavy (non-hydrogen) atoms. The second-order valence-electron chi connectivity index (χ2n) is 4.21. The van der Waals surface area contributed by atoms with E-state index in [1.807, 2.05) is 0 Å². The number of hydrogen-bond acceptors (Lipinski definition) is 4. The van der Waals surface area contributed by atoms with Crippen LogP contribution in [-0.2, 0) is 12.4 Å². The first-order valence-corrected chi connectivity index (χ1v) is 6.78. The van der Waals surface area contributed by atoms with Crippen molar-refractivity contribution in [3.63, 3.8) is 0 Å².